The van der Waals surface area contributed by atoms with Crippen LogP contribution in [0.1, 0.15) is 16.7 Å². The molecule has 1 heterocycles. The molecule has 8 heteroatoms. The van der Waals surface area contributed by atoms with Gasteiger partial charge in [0, 0.05) is 5.56 Å². The monoisotopic (exact) mass is 721 g/mol. The van der Waals surface area contributed by atoms with Crippen LogP contribution in [0.5, 0.6) is 5.75 Å². The molecule has 2 amide bonds. The van der Waals surface area contributed by atoms with Gasteiger partial charge in [0.2, 0.25) is 0 Å². The van der Waals surface area contributed by atoms with Crippen LogP contribution < -0.4 is 4.74 Å². The first-order valence-electron chi connectivity index (χ1n) is 11.0. The van der Waals surface area contributed by atoms with Gasteiger partial charge >= 0.3 is 0 Å². The zero-order chi connectivity index (χ0) is 25.2. The summed E-state index contributed by atoms with van der Waals surface area (Å²) < 4.78 is 21.5. The van der Waals surface area contributed by atoms with E-state index in [0.717, 1.165) is 40.8 Å². The van der Waals surface area contributed by atoms with Gasteiger partial charge in [-0.2, -0.15) is 0 Å². The Morgan fingerprint density at radius 1 is 0.889 bits per heavy atom. The zero-order valence-electron chi connectivity index (χ0n) is 18.7. The number of nitrogens with zero attached hydrogens (tertiary/aromatic N) is 1. The topological polar surface area (TPSA) is 46.6 Å². The van der Waals surface area contributed by atoms with Crippen LogP contribution in [0.3, 0.4) is 0 Å². The molecule has 0 unspecified atom stereocenters. The first-order valence-corrected chi connectivity index (χ1v) is 14.0. The van der Waals surface area contributed by atoms with E-state index in [1.165, 1.54) is 11.0 Å². The number of imide groups is 1. The molecule has 36 heavy (non-hydrogen) atoms. The van der Waals surface area contributed by atoms with Crippen molar-refractivity contribution in [1.29, 1.82) is 0 Å². The highest BCUT2D eigenvalue weighted by atomic mass is 127. The van der Waals surface area contributed by atoms with Gasteiger partial charge in [0.1, 0.15) is 18.2 Å². The number of hydrogen-bond acceptors (Lipinski definition) is 4. The standard InChI is InChI=1S/C28H18FI2NO3S/c29-22-11-4-2-7-20(22)16-35-26-23(30)12-17(13-24(26)31)14-25-27(33)32(28(34)36-25)15-19-9-5-8-18-6-1-3-10-21(18)19/h1-14H,15-16H2/b25-14+. The molecule has 4 nitrogen and oxygen atoms in total. The number of fused-ring (bicyclic) bond motifs is 1. The third kappa shape index (κ3) is 5.30. The zero-order valence-corrected chi connectivity index (χ0v) is 23.8. The number of amides is 2. The molecule has 1 aliphatic heterocycles. The van der Waals surface area contributed by atoms with Crippen LogP contribution >= 0.6 is 56.9 Å². The van der Waals surface area contributed by atoms with Crippen LogP contribution in [-0.4, -0.2) is 16.0 Å². The molecule has 1 aliphatic rings. The molecule has 180 valence electrons. The maximum Gasteiger partial charge on any atom is 0.293 e. The van der Waals surface area contributed by atoms with Crippen molar-refractivity contribution in [3.05, 3.63) is 113 Å². The van der Waals surface area contributed by atoms with Crippen LogP contribution in [0.4, 0.5) is 9.18 Å². The summed E-state index contributed by atoms with van der Waals surface area (Å²) in [7, 11) is 0. The molecule has 0 saturated carbocycles. The van der Waals surface area contributed by atoms with E-state index in [1.807, 2.05) is 54.6 Å². The summed E-state index contributed by atoms with van der Waals surface area (Å²) in [5.74, 6) is 0.0434. The summed E-state index contributed by atoms with van der Waals surface area (Å²) in [6, 6.07) is 24.1. The largest absolute Gasteiger partial charge is 0.487 e. The van der Waals surface area contributed by atoms with Crippen LogP contribution in [-0.2, 0) is 17.9 Å². The smallest absolute Gasteiger partial charge is 0.293 e. The van der Waals surface area contributed by atoms with Gasteiger partial charge in [-0.3, -0.25) is 14.5 Å². The van der Waals surface area contributed by atoms with E-state index in [4.69, 9.17) is 4.74 Å². The molecule has 0 radical (unpaired) electrons. The molecule has 4 aromatic carbocycles. The van der Waals surface area contributed by atoms with E-state index in [1.54, 1.807) is 24.3 Å². The quantitative estimate of drug-likeness (QED) is 0.150. The van der Waals surface area contributed by atoms with Crippen molar-refractivity contribution in [3.8, 4) is 5.75 Å². The van der Waals surface area contributed by atoms with Gasteiger partial charge in [-0.05, 0) is 103 Å². The van der Waals surface area contributed by atoms with E-state index in [0.29, 0.717) is 16.2 Å². The molecule has 0 bridgehead atoms. The lowest BCUT2D eigenvalue weighted by molar-refractivity contribution is -0.123. The predicted octanol–water partition coefficient (Wildman–Crippen LogP) is 8.00. The highest BCUT2D eigenvalue weighted by Gasteiger charge is 2.35. The SMILES string of the molecule is O=C1S/C(=C/c2cc(I)c(OCc3ccccc3F)c(I)c2)C(=O)N1Cc1cccc2ccccc12. The van der Waals surface area contributed by atoms with Gasteiger partial charge in [-0.25, -0.2) is 4.39 Å². The van der Waals surface area contributed by atoms with Gasteiger partial charge < -0.3 is 4.74 Å². The molecular weight excluding hydrogens is 703 g/mol. The molecule has 0 aromatic heterocycles. The second-order valence-electron chi connectivity index (χ2n) is 8.10. The van der Waals surface area contributed by atoms with E-state index >= 15 is 0 Å². The van der Waals surface area contributed by atoms with Gasteiger partial charge in [0.15, 0.2) is 0 Å². The summed E-state index contributed by atoms with van der Waals surface area (Å²) in [6.07, 6.45) is 1.74. The Bertz CT molecular complexity index is 1510. The summed E-state index contributed by atoms with van der Waals surface area (Å²) in [6.45, 7) is 0.340. The minimum Gasteiger partial charge on any atom is -0.487 e. The van der Waals surface area contributed by atoms with E-state index in [9.17, 15) is 14.0 Å². The molecule has 5 rings (SSSR count). The number of halogens is 3. The van der Waals surface area contributed by atoms with Crippen molar-refractivity contribution in [3.63, 3.8) is 0 Å². The molecular formula is C28H18FI2NO3S. The van der Waals surface area contributed by atoms with Crippen molar-refractivity contribution < 1.29 is 18.7 Å². The second-order valence-corrected chi connectivity index (χ2v) is 11.4. The van der Waals surface area contributed by atoms with Gasteiger partial charge in [-0.15, -0.1) is 0 Å². The minimum atomic E-state index is -0.307. The first kappa shape index (κ1) is 25.2. The molecule has 0 aliphatic carbocycles. The highest BCUT2D eigenvalue weighted by Crippen LogP contribution is 2.36. The van der Waals surface area contributed by atoms with Crippen LogP contribution in [0.25, 0.3) is 16.8 Å². The summed E-state index contributed by atoms with van der Waals surface area (Å²) in [4.78, 5) is 27.5. The Kier molecular flexibility index (Phi) is 7.63. The molecule has 4 aromatic rings. The Balaban J connectivity index is 1.35. The Morgan fingerprint density at radius 3 is 2.33 bits per heavy atom. The predicted molar refractivity (Wildman–Crippen MR) is 158 cm³/mol. The minimum absolute atomic E-state index is 0.116. The molecule has 0 atom stereocenters. The van der Waals surface area contributed by atoms with Crippen molar-refractivity contribution in [2.45, 2.75) is 13.2 Å². The van der Waals surface area contributed by atoms with Gasteiger partial charge in [0.25, 0.3) is 11.1 Å². The lowest BCUT2D eigenvalue weighted by Gasteiger charge is -2.14. The van der Waals surface area contributed by atoms with Crippen molar-refractivity contribution >= 4 is 84.9 Å². The average molecular weight is 721 g/mol. The summed E-state index contributed by atoms with van der Waals surface area (Å²) >= 11 is 5.28. The van der Waals surface area contributed by atoms with E-state index in [-0.39, 0.29) is 30.1 Å². The third-order valence-corrected chi connectivity index (χ3v) is 8.24. The van der Waals surface area contributed by atoms with E-state index in [2.05, 4.69) is 45.2 Å². The normalized spacial score (nSPS) is 14.8. The second kappa shape index (κ2) is 10.9. The molecule has 0 N–H and O–H groups in total. The number of benzene rings is 4. The lowest BCUT2D eigenvalue weighted by atomic mass is 10.0. The van der Waals surface area contributed by atoms with Crippen LogP contribution in [0.15, 0.2) is 83.8 Å². The Labute approximate surface area is 239 Å². The number of ether oxygens (including phenoxy) is 1. The molecule has 1 fully saturated rings. The summed E-state index contributed by atoms with van der Waals surface area (Å²) in [5.41, 5.74) is 2.20. The van der Waals surface area contributed by atoms with Crippen molar-refractivity contribution in [1.82, 2.24) is 4.90 Å². The number of hydrogen-bond donors (Lipinski definition) is 0. The number of thioether (sulfide) groups is 1. The third-order valence-electron chi connectivity index (χ3n) is 5.73. The van der Waals surface area contributed by atoms with Crippen molar-refractivity contribution in [2.24, 2.45) is 0 Å². The van der Waals surface area contributed by atoms with Gasteiger partial charge in [0.05, 0.1) is 18.6 Å². The average Bonchev–Trinajstić information content (AvgIpc) is 3.12. The maximum atomic E-state index is 13.9. The Morgan fingerprint density at radius 2 is 1.56 bits per heavy atom. The fourth-order valence-corrected chi connectivity index (χ4v) is 6.92. The van der Waals surface area contributed by atoms with Crippen LogP contribution in [0, 0.1) is 13.0 Å². The van der Waals surface area contributed by atoms with E-state index < -0.39 is 0 Å². The molecule has 0 spiro atoms. The highest BCUT2D eigenvalue weighted by molar-refractivity contribution is 14.1. The Hall–Kier alpha value is -2.44. The summed E-state index contributed by atoms with van der Waals surface area (Å²) in [5, 5.41) is 1.81. The molecule has 1 saturated heterocycles. The lowest BCUT2D eigenvalue weighted by Crippen LogP contribution is -2.27. The van der Waals surface area contributed by atoms with Gasteiger partial charge in [-0.1, -0.05) is 60.7 Å². The van der Waals surface area contributed by atoms with Crippen LogP contribution in [0.2, 0.25) is 0 Å². The fourth-order valence-electron chi connectivity index (χ4n) is 3.95. The first-order chi connectivity index (χ1) is 17.4. The fraction of sp³-hybridized carbons (Fsp3) is 0.0714. The van der Waals surface area contributed by atoms with Crippen molar-refractivity contribution in [2.75, 3.05) is 0 Å². The number of rotatable bonds is 6. The maximum absolute atomic E-state index is 13.9. The number of carbonyl (C=O) groups is 2. The number of carbonyl (C=O) groups excluding carboxylic acids is 2.